The minimum absolute atomic E-state index is 0.0220. The van der Waals surface area contributed by atoms with E-state index in [1.807, 2.05) is 0 Å². The standard InChI is InChI=1S/C21H23F3N2O4S/c1-14-6-7-17(13-19(14)31(28,29)26-8-10-30-11-9-26)20(27)25-15(2)16-4-3-5-18(12-16)21(22,23)24/h3-7,12-13,15H,8-11H2,1-2H3,(H,25,27). The van der Waals surface area contributed by atoms with Gasteiger partial charge in [0.1, 0.15) is 0 Å². The van der Waals surface area contributed by atoms with Gasteiger partial charge in [-0.2, -0.15) is 17.5 Å². The Morgan fingerprint density at radius 1 is 1.13 bits per heavy atom. The average molecular weight is 456 g/mol. The fraction of sp³-hybridized carbons (Fsp3) is 0.381. The lowest BCUT2D eigenvalue weighted by Crippen LogP contribution is -2.41. The summed E-state index contributed by atoms with van der Waals surface area (Å²) in [6.45, 7) is 4.25. The van der Waals surface area contributed by atoms with Crippen molar-refractivity contribution in [3.8, 4) is 0 Å². The van der Waals surface area contributed by atoms with Gasteiger partial charge in [0, 0.05) is 18.7 Å². The normalized spacial score (nSPS) is 16.7. The summed E-state index contributed by atoms with van der Waals surface area (Å²) in [5.41, 5.74) is 0.0852. The molecule has 0 aliphatic carbocycles. The molecular formula is C21H23F3N2O4S. The predicted molar refractivity (Wildman–Crippen MR) is 108 cm³/mol. The van der Waals surface area contributed by atoms with Crippen LogP contribution in [0.1, 0.15) is 40.0 Å². The number of ether oxygens (including phenoxy) is 1. The Morgan fingerprint density at radius 2 is 1.81 bits per heavy atom. The van der Waals surface area contributed by atoms with Crippen molar-refractivity contribution in [2.75, 3.05) is 26.3 Å². The Balaban J connectivity index is 1.82. The molecule has 1 atom stereocenters. The molecule has 31 heavy (non-hydrogen) atoms. The van der Waals surface area contributed by atoms with Crippen molar-refractivity contribution in [1.29, 1.82) is 0 Å². The summed E-state index contributed by atoms with van der Waals surface area (Å²) >= 11 is 0. The van der Waals surface area contributed by atoms with E-state index in [9.17, 15) is 26.4 Å². The molecule has 1 saturated heterocycles. The molecule has 0 spiro atoms. The highest BCUT2D eigenvalue weighted by Gasteiger charge is 2.31. The number of rotatable bonds is 5. The van der Waals surface area contributed by atoms with Gasteiger partial charge in [0.2, 0.25) is 10.0 Å². The van der Waals surface area contributed by atoms with Gasteiger partial charge in [-0.25, -0.2) is 8.42 Å². The Morgan fingerprint density at radius 3 is 2.45 bits per heavy atom. The number of sulfonamides is 1. The lowest BCUT2D eigenvalue weighted by Gasteiger charge is -2.27. The Bertz CT molecular complexity index is 1060. The van der Waals surface area contributed by atoms with Crippen LogP contribution in [0.5, 0.6) is 0 Å². The Labute approximate surface area is 179 Å². The van der Waals surface area contributed by atoms with Crippen LogP contribution in [0.15, 0.2) is 47.4 Å². The molecule has 2 aromatic rings. The molecule has 0 saturated carbocycles. The molecule has 1 amide bonds. The van der Waals surface area contributed by atoms with Crippen molar-refractivity contribution in [2.24, 2.45) is 0 Å². The third-order valence-corrected chi connectivity index (χ3v) is 7.14. The highest BCUT2D eigenvalue weighted by Crippen LogP contribution is 2.31. The van der Waals surface area contributed by atoms with Gasteiger partial charge in [0.05, 0.1) is 29.7 Å². The number of hydrogen-bond donors (Lipinski definition) is 1. The molecule has 1 aliphatic rings. The van der Waals surface area contributed by atoms with Gasteiger partial charge in [-0.05, 0) is 49.2 Å². The van der Waals surface area contributed by atoms with Crippen LogP contribution in [-0.2, 0) is 20.9 Å². The number of benzene rings is 2. The number of halogens is 3. The fourth-order valence-corrected chi connectivity index (χ4v) is 4.95. The van der Waals surface area contributed by atoms with Gasteiger partial charge >= 0.3 is 6.18 Å². The highest BCUT2D eigenvalue weighted by atomic mass is 32.2. The zero-order valence-corrected chi connectivity index (χ0v) is 17.9. The molecule has 1 heterocycles. The smallest absolute Gasteiger partial charge is 0.379 e. The first-order valence-corrected chi connectivity index (χ1v) is 11.1. The van der Waals surface area contributed by atoms with Crippen molar-refractivity contribution >= 4 is 15.9 Å². The van der Waals surface area contributed by atoms with Crippen LogP contribution in [-0.4, -0.2) is 44.9 Å². The van der Waals surface area contributed by atoms with E-state index in [1.54, 1.807) is 13.8 Å². The third-order valence-electron chi connectivity index (χ3n) is 5.10. The van der Waals surface area contributed by atoms with Crippen LogP contribution in [0.3, 0.4) is 0 Å². The molecule has 1 fully saturated rings. The monoisotopic (exact) mass is 456 g/mol. The maximum atomic E-state index is 13.0. The van der Waals surface area contributed by atoms with Crippen LogP contribution in [0.2, 0.25) is 0 Å². The van der Waals surface area contributed by atoms with Crippen molar-refractivity contribution in [3.63, 3.8) is 0 Å². The van der Waals surface area contributed by atoms with E-state index in [0.29, 0.717) is 18.8 Å². The van der Waals surface area contributed by atoms with Crippen molar-refractivity contribution in [3.05, 3.63) is 64.7 Å². The summed E-state index contributed by atoms with van der Waals surface area (Å²) in [7, 11) is -3.80. The van der Waals surface area contributed by atoms with Crippen molar-refractivity contribution < 1.29 is 31.1 Å². The molecule has 0 radical (unpaired) electrons. The van der Waals surface area contributed by atoms with Crippen molar-refractivity contribution in [1.82, 2.24) is 9.62 Å². The molecule has 1 unspecified atom stereocenters. The number of nitrogens with one attached hydrogen (secondary N) is 1. The van der Waals surface area contributed by atoms with Gasteiger partial charge in [-0.3, -0.25) is 4.79 Å². The molecular weight excluding hydrogens is 433 g/mol. The zero-order valence-electron chi connectivity index (χ0n) is 17.1. The number of amides is 1. The second kappa shape index (κ2) is 8.97. The van der Waals surface area contributed by atoms with Gasteiger partial charge in [-0.1, -0.05) is 18.2 Å². The summed E-state index contributed by atoms with van der Waals surface area (Å²) < 4.78 is 71.3. The van der Waals surface area contributed by atoms with E-state index >= 15 is 0 Å². The number of carbonyl (C=O) groups is 1. The fourth-order valence-electron chi connectivity index (χ4n) is 3.29. The second-order valence-electron chi connectivity index (χ2n) is 7.32. The van der Waals surface area contributed by atoms with E-state index in [0.717, 1.165) is 12.1 Å². The van der Waals surface area contributed by atoms with Crippen molar-refractivity contribution in [2.45, 2.75) is 31.0 Å². The molecule has 168 valence electrons. The summed E-state index contributed by atoms with van der Waals surface area (Å²) in [5, 5.41) is 2.63. The average Bonchev–Trinajstić information content (AvgIpc) is 2.74. The van der Waals surface area contributed by atoms with E-state index in [-0.39, 0.29) is 29.1 Å². The molecule has 6 nitrogen and oxygen atoms in total. The maximum absolute atomic E-state index is 13.0. The summed E-state index contributed by atoms with van der Waals surface area (Å²) in [6, 6.07) is 8.32. The number of carbonyl (C=O) groups excluding carboxylic acids is 1. The maximum Gasteiger partial charge on any atom is 0.416 e. The minimum atomic E-state index is -4.49. The lowest BCUT2D eigenvalue weighted by molar-refractivity contribution is -0.137. The molecule has 0 bridgehead atoms. The van der Waals surface area contributed by atoms with Gasteiger partial charge < -0.3 is 10.1 Å². The summed E-state index contributed by atoms with van der Waals surface area (Å²) in [6.07, 6.45) is -4.49. The first kappa shape index (κ1) is 23.2. The minimum Gasteiger partial charge on any atom is -0.379 e. The molecule has 0 aromatic heterocycles. The first-order valence-electron chi connectivity index (χ1n) is 9.67. The SMILES string of the molecule is Cc1ccc(C(=O)NC(C)c2cccc(C(F)(F)F)c2)cc1S(=O)(=O)N1CCOCC1. The molecule has 1 N–H and O–H groups in total. The summed E-state index contributed by atoms with van der Waals surface area (Å²) in [4.78, 5) is 12.7. The Kier molecular flexibility index (Phi) is 6.73. The highest BCUT2D eigenvalue weighted by molar-refractivity contribution is 7.89. The molecule has 1 aliphatic heterocycles. The molecule has 10 heteroatoms. The first-order chi connectivity index (χ1) is 14.5. The van der Waals surface area contributed by atoms with Crippen LogP contribution in [0.4, 0.5) is 13.2 Å². The number of alkyl halides is 3. The van der Waals surface area contributed by atoms with Gasteiger partial charge in [-0.15, -0.1) is 0 Å². The van der Waals surface area contributed by atoms with Gasteiger partial charge in [0.25, 0.3) is 5.91 Å². The zero-order chi connectivity index (χ0) is 22.8. The van der Waals surface area contributed by atoms with Crippen LogP contribution in [0, 0.1) is 6.92 Å². The predicted octanol–water partition coefficient (Wildman–Crippen LogP) is 3.53. The number of hydrogen-bond acceptors (Lipinski definition) is 4. The van der Waals surface area contributed by atoms with E-state index < -0.39 is 33.7 Å². The molecule has 2 aromatic carbocycles. The van der Waals surface area contributed by atoms with Gasteiger partial charge in [0.15, 0.2) is 0 Å². The van der Waals surface area contributed by atoms with Crippen LogP contribution >= 0.6 is 0 Å². The number of morpholine rings is 1. The van der Waals surface area contributed by atoms with E-state index in [4.69, 9.17) is 4.74 Å². The largest absolute Gasteiger partial charge is 0.416 e. The lowest BCUT2D eigenvalue weighted by atomic mass is 10.0. The Hall–Kier alpha value is -2.43. The van der Waals surface area contributed by atoms with Crippen LogP contribution < -0.4 is 5.32 Å². The molecule has 3 rings (SSSR count). The topological polar surface area (TPSA) is 75.7 Å². The van der Waals surface area contributed by atoms with E-state index in [2.05, 4.69) is 5.32 Å². The van der Waals surface area contributed by atoms with E-state index in [1.165, 1.54) is 34.6 Å². The second-order valence-corrected chi connectivity index (χ2v) is 9.22. The quantitative estimate of drug-likeness (QED) is 0.747. The number of nitrogens with zero attached hydrogens (tertiary/aromatic N) is 1. The third kappa shape index (κ3) is 5.25. The summed E-state index contributed by atoms with van der Waals surface area (Å²) in [5.74, 6) is -0.580. The number of aryl methyl sites for hydroxylation is 1. The van der Waals surface area contributed by atoms with Crippen LogP contribution in [0.25, 0.3) is 0 Å².